The van der Waals surface area contributed by atoms with E-state index >= 15 is 0 Å². The molecule has 6 nitrogen and oxygen atoms in total. The van der Waals surface area contributed by atoms with E-state index in [1.807, 2.05) is 17.6 Å². The summed E-state index contributed by atoms with van der Waals surface area (Å²) in [5, 5.41) is 11.1. The first-order valence-corrected chi connectivity index (χ1v) is 5.54. The maximum Gasteiger partial charge on any atom is 0.209 e. The van der Waals surface area contributed by atoms with E-state index in [1.54, 1.807) is 6.33 Å². The van der Waals surface area contributed by atoms with E-state index in [2.05, 4.69) is 26.6 Å². The van der Waals surface area contributed by atoms with Crippen LogP contribution in [0.25, 0.3) is 11.2 Å². The van der Waals surface area contributed by atoms with Gasteiger partial charge in [0.05, 0.1) is 13.2 Å². The van der Waals surface area contributed by atoms with Crippen molar-refractivity contribution in [3.05, 3.63) is 24.2 Å². The Hall–Kier alpha value is -1.95. The molecule has 0 unspecified atom stereocenters. The summed E-state index contributed by atoms with van der Waals surface area (Å²) in [6.45, 7) is 1.41. The molecular formula is C11H13N5O. The molecule has 3 heterocycles. The molecule has 88 valence electrons. The predicted molar refractivity (Wildman–Crippen MR) is 63.7 cm³/mol. The van der Waals surface area contributed by atoms with Crippen LogP contribution in [0.5, 0.6) is 0 Å². The summed E-state index contributed by atoms with van der Waals surface area (Å²) in [4.78, 5) is 4.36. The van der Waals surface area contributed by atoms with Crippen molar-refractivity contribution in [2.75, 3.05) is 25.6 Å². The van der Waals surface area contributed by atoms with Crippen molar-refractivity contribution in [3.8, 4) is 0 Å². The fourth-order valence-electron chi connectivity index (χ4n) is 2.00. The third kappa shape index (κ3) is 1.66. The first-order chi connectivity index (χ1) is 8.40. The third-order valence-electron chi connectivity index (χ3n) is 2.87. The van der Waals surface area contributed by atoms with Crippen LogP contribution in [0, 0.1) is 0 Å². The number of ether oxygens (including phenoxy) is 1. The number of nitrogens with zero attached hydrogens (tertiary/aromatic N) is 4. The molecule has 0 fully saturated rings. The molecule has 1 N–H and O–H groups in total. The Kier molecular flexibility index (Phi) is 2.49. The van der Waals surface area contributed by atoms with Crippen molar-refractivity contribution in [3.63, 3.8) is 0 Å². The normalized spacial score (nSPS) is 15.9. The minimum atomic E-state index is 0.656. The van der Waals surface area contributed by atoms with E-state index in [4.69, 9.17) is 4.74 Å². The van der Waals surface area contributed by atoms with Gasteiger partial charge in [-0.3, -0.25) is 4.40 Å². The van der Waals surface area contributed by atoms with Crippen LogP contribution < -0.4 is 5.32 Å². The third-order valence-corrected chi connectivity index (χ3v) is 2.87. The average molecular weight is 231 g/mol. The second-order valence-corrected chi connectivity index (χ2v) is 3.82. The van der Waals surface area contributed by atoms with E-state index in [1.165, 1.54) is 5.57 Å². The quantitative estimate of drug-likeness (QED) is 0.834. The maximum absolute atomic E-state index is 5.31. The highest BCUT2D eigenvalue weighted by Gasteiger charge is 2.13. The summed E-state index contributed by atoms with van der Waals surface area (Å²) < 4.78 is 7.16. The van der Waals surface area contributed by atoms with Crippen LogP contribution in [0.2, 0.25) is 0 Å². The van der Waals surface area contributed by atoms with Gasteiger partial charge in [0, 0.05) is 18.8 Å². The van der Waals surface area contributed by atoms with Crippen molar-refractivity contribution in [2.45, 2.75) is 6.42 Å². The van der Waals surface area contributed by atoms with E-state index < -0.39 is 0 Å². The van der Waals surface area contributed by atoms with E-state index in [0.29, 0.717) is 6.61 Å². The molecule has 0 aromatic carbocycles. The molecule has 6 heteroatoms. The van der Waals surface area contributed by atoms with Gasteiger partial charge in [0.1, 0.15) is 6.33 Å². The second-order valence-electron chi connectivity index (χ2n) is 3.82. The molecule has 0 atom stereocenters. The van der Waals surface area contributed by atoms with Crippen LogP contribution in [0.3, 0.4) is 0 Å². The minimum Gasteiger partial charge on any atom is -0.377 e. The Bertz CT molecular complexity index is 574. The lowest BCUT2D eigenvalue weighted by Gasteiger charge is -2.14. The Morgan fingerprint density at radius 1 is 1.47 bits per heavy atom. The fourth-order valence-corrected chi connectivity index (χ4v) is 2.00. The van der Waals surface area contributed by atoms with Gasteiger partial charge in [-0.15, -0.1) is 10.2 Å². The molecule has 3 rings (SSSR count). The summed E-state index contributed by atoms with van der Waals surface area (Å²) in [5.41, 5.74) is 3.09. The molecule has 1 aliphatic heterocycles. The lowest BCUT2D eigenvalue weighted by Crippen LogP contribution is -2.07. The summed E-state index contributed by atoms with van der Waals surface area (Å²) in [7, 11) is 1.83. The Balaban J connectivity index is 2.17. The zero-order valence-corrected chi connectivity index (χ0v) is 9.55. The molecule has 0 saturated carbocycles. The molecule has 0 bridgehead atoms. The van der Waals surface area contributed by atoms with Crippen molar-refractivity contribution in [1.82, 2.24) is 19.6 Å². The van der Waals surface area contributed by atoms with Crippen LogP contribution in [0.1, 0.15) is 12.0 Å². The fraction of sp³-hybridized carbons (Fsp3) is 0.364. The first-order valence-electron chi connectivity index (χ1n) is 5.54. The molecule has 2 aromatic rings. The Morgan fingerprint density at radius 2 is 2.41 bits per heavy atom. The summed E-state index contributed by atoms with van der Waals surface area (Å²) >= 11 is 0. The predicted octanol–water partition coefficient (Wildman–Crippen LogP) is 0.970. The van der Waals surface area contributed by atoms with Gasteiger partial charge in [0.2, 0.25) is 5.95 Å². The summed E-state index contributed by atoms with van der Waals surface area (Å²) in [6, 6.07) is 0. The van der Waals surface area contributed by atoms with Crippen LogP contribution in [0.15, 0.2) is 18.6 Å². The van der Waals surface area contributed by atoms with Gasteiger partial charge >= 0.3 is 0 Å². The van der Waals surface area contributed by atoms with E-state index in [0.717, 1.165) is 30.2 Å². The highest BCUT2D eigenvalue weighted by molar-refractivity contribution is 5.76. The molecule has 2 aromatic heterocycles. The van der Waals surface area contributed by atoms with Gasteiger partial charge < -0.3 is 10.1 Å². The number of anilines is 1. The number of fused-ring (bicyclic) bond motifs is 1. The lowest BCUT2D eigenvalue weighted by molar-refractivity contribution is 0.161. The molecule has 0 saturated heterocycles. The molecule has 0 aliphatic carbocycles. The van der Waals surface area contributed by atoms with Crippen molar-refractivity contribution >= 4 is 17.2 Å². The van der Waals surface area contributed by atoms with Gasteiger partial charge in [-0.1, -0.05) is 6.08 Å². The molecule has 1 aliphatic rings. The van der Waals surface area contributed by atoms with Crippen LogP contribution in [-0.4, -0.2) is 39.8 Å². The van der Waals surface area contributed by atoms with Crippen LogP contribution in [0.4, 0.5) is 5.95 Å². The van der Waals surface area contributed by atoms with Crippen molar-refractivity contribution in [2.24, 2.45) is 0 Å². The van der Waals surface area contributed by atoms with Crippen LogP contribution in [-0.2, 0) is 4.74 Å². The summed E-state index contributed by atoms with van der Waals surface area (Å²) in [6.07, 6.45) is 6.47. The molecule has 0 radical (unpaired) electrons. The van der Waals surface area contributed by atoms with Crippen LogP contribution >= 0.6 is 0 Å². The monoisotopic (exact) mass is 231 g/mol. The molecular weight excluding hydrogens is 218 g/mol. The number of hydrogen-bond acceptors (Lipinski definition) is 5. The zero-order valence-electron chi connectivity index (χ0n) is 9.55. The highest BCUT2D eigenvalue weighted by Crippen LogP contribution is 2.24. The molecule has 17 heavy (non-hydrogen) atoms. The maximum atomic E-state index is 5.31. The SMILES string of the molecule is CNc1ncc(C2=CCOCC2)c2nncn12. The first kappa shape index (κ1) is 10.2. The minimum absolute atomic E-state index is 0.656. The van der Waals surface area contributed by atoms with Crippen molar-refractivity contribution < 1.29 is 4.74 Å². The number of rotatable bonds is 2. The van der Waals surface area contributed by atoms with Crippen molar-refractivity contribution in [1.29, 1.82) is 0 Å². The average Bonchev–Trinajstić information content (AvgIpc) is 2.88. The molecule has 0 spiro atoms. The number of aromatic nitrogens is 4. The smallest absolute Gasteiger partial charge is 0.209 e. The van der Waals surface area contributed by atoms with E-state index in [-0.39, 0.29) is 0 Å². The van der Waals surface area contributed by atoms with E-state index in [9.17, 15) is 0 Å². The van der Waals surface area contributed by atoms with Gasteiger partial charge in [0.25, 0.3) is 0 Å². The number of hydrogen-bond donors (Lipinski definition) is 1. The number of nitrogens with one attached hydrogen (secondary N) is 1. The Labute approximate surface area is 98.3 Å². The van der Waals surface area contributed by atoms with Gasteiger partial charge in [0.15, 0.2) is 5.65 Å². The highest BCUT2D eigenvalue weighted by atomic mass is 16.5. The molecule has 0 amide bonds. The largest absolute Gasteiger partial charge is 0.377 e. The standard InChI is InChI=1S/C11H13N5O/c1-12-11-13-6-9(8-2-4-17-5-3-8)10-15-14-7-16(10)11/h2,6-7H,3-5H2,1H3,(H,12,13). The van der Waals surface area contributed by atoms with Gasteiger partial charge in [-0.2, -0.15) is 0 Å². The Morgan fingerprint density at radius 3 is 3.18 bits per heavy atom. The topological polar surface area (TPSA) is 64.3 Å². The van der Waals surface area contributed by atoms with Gasteiger partial charge in [-0.05, 0) is 12.0 Å². The second kappa shape index (κ2) is 4.14. The lowest BCUT2D eigenvalue weighted by atomic mass is 10.0. The van der Waals surface area contributed by atoms with Gasteiger partial charge in [-0.25, -0.2) is 4.98 Å². The zero-order chi connectivity index (χ0) is 11.7. The summed E-state index contributed by atoms with van der Waals surface area (Å²) in [5.74, 6) is 0.737.